The molecule has 1 atom stereocenters. The zero-order valence-electron chi connectivity index (χ0n) is 11.3. The van der Waals surface area contributed by atoms with E-state index >= 15 is 0 Å². The number of esters is 1. The Morgan fingerprint density at radius 2 is 2.05 bits per heavy atom. The summed E-state index contributed by atoms with van der Waals surface area (Å²) in [5, 5.41) is 20.4. The Labute approximate surface area is 122 Å². The van der Waals surface area contributed by atoms with Crippen LogP contribution < -0.4 is 5.73 Å². The van der Waals surface area contributed by atoms with E-state index < -0.39 is 22.3 Å². The second-order valence-corrected chi connectivity index (χ2v) is 4.69. The second kappa shape index (κ2) is 6.53. The molecular weight excluding hydrogens is 288 g/mol. The van der Waals surface area contributed by atoms with E-state index in [0.29, 0.717) is 0 Å². The first-order valence-electron chi connectivity index (χ1n) is 5.53. The molecule has 1 aromatic carbocycles. The van der Waals surface area contributed by atoms with Gasteiger partial charge in [-0.2, -0.15) is 0 Å². The SMILES string of the molecule is COC(=O)C(C)(C)[C@H](N)c1cc(O)ccc1[N+](=O)[O-].Cl. The third-order valence-corrected chi connectivity index (χ3v) is 3.03. The molecule has 0 radical (unpaired) electrons. The van der Waals surface area contributed by atoms with E-state index in [1.54, 1.807) is 0 Å². The molecule has 1 rings (SSSR count). The van der Waals surface area contributed by atoms with Crippen molar-refractivity contribution < 1.29 is 19.6 Å². The molecule has 7 nitrogen and oxygen atoms in total. The number of nitrogens with zero attached hydrogens (tertiary/aromatic N) is 1. The molecule has 0 spiro atoms. The highest BCUT2D eigenvalue weighted by Crippen LogP contribution is 2.38. The van der Waals surface area contributed by atoms with Gasteiger partial charge in [-0.15, -0.1) is 12.4 Å². The van der Waals surface area contributed by atoms with Crippen molar-refractivity contribution in [1.82, 2.24) is 0 Å². The fourth-order valence-corrected chi connectivity index (χ4v) is 1.74. The Balaban J connectivity index is 0.00000361. The number of phenolic OH excluding ortho intramolecular Hbond substituents is 1. The molecule has 20 heavy (non-hydrogen) atoms. The zero-order chi connectivity index (χ0) is 14.8. The summed E-state index contributed by atoms with van der Waals surface area (Å²) in [6.07, 6.45) is 0. The minimum absolute atomic E-state index is 0. The molecule has 0 unspecified atom stereocenters. The van der Waals surface area contributed by atoms with Crippen molar-refractivity contribution in [2.45, 2.75) is 19.9 Å². The molecule has 0 aliphatic rings. The summed E-state index contributed by atoms with van der Waals surface area (Å²) < 4.78 is 4.64. The maximum atomic E-state index is 11.7. The lowest BCUT2D eigenvalue weighted by atomic mass is 9.80. The van der Waals surface area contributed by atoms with Gasteiger partial charge in [-0.3, -0.25) is 14.9 Å². The highest BCUT2D eigenvalue weighted by atomic mass is 35.5. The third kappa shape index (κ3) is 3.37. The summed E-state index contributed by atoms with van der Waals surface area (Å²) in [5.74, 6) is -0.741. The van der Waals surface area contributed by atoms with E-state index in [-0.39, 0.29) is 29.4 Å². The van der Waals surface area contributed by atoms with Gasteiger partial charge >= 0.3 is 5.97 Å². The van der Waals surface area contributed by atoms with Gasteiger partial charge in [0.1, 0.15) is 5.75 Å². The number of methoxy groups -OCH3 is 1. The molecule has 0 saturated carbocycles. The summed E-state index contributed by atoms with van der Waals surface area (Å²) in [6, 6.07) is 2.55. The molecule has 0 fully saturated rings. The monoisotopic (exact) mass is 304 g/mol. The van der Waals surface area contributed by atoms with Crippen LogP contribution in [0.15, 0.2) is 18.2 Å². The van der Waals surface area contributed by atoms with E-state index in [4.69, 9.17) is 5.73 Å². The number of hydrogen-bond acceptors (Lipinski definition) is 6. The van der Waals surface area contributed by atoms with Crippen molar-refractivity contribution in [2.24, 2.45) is 11.1 Å². The molecule has 0 heterocycles. The van der Waals surface area contributed by atoms with Crippen LogP contribution in [0.5, 0.6) is 5.75 Å². The first-order chi connectivity index (χ1) is 8.71. The third-order valence-electron chi connectivity index (χ3n) is 3.03. The lowest BCUT2D eigenvalue weighted by molar-refractivity contribution is -0.385. The minimum atomic E-state index is -1.16. The summed E-state index contributed by atoms with van der Waals surface area (Å²) in [7, 11) is 1.22. The number of nitrogens with two attached hydrogens (primary N) is 1. The van der Waals surface area contributed by atoms with E-state index in [1.165, 1.54) is 33.1 Å². The van der Waals surface area contributed by atoms with Crippen LogP contribution in [0.1, 0.15) is 25.5 Å². The number of rotatable bonds is 4. The van der Waals surface area contributed by atoms with Gasteiger partial charge in [0.15, 0.2) is 0 Å². The van der Waals surface area contributed by atoms with Crippen molar-refractivity contribution in [3.8, 4) is 5.75 Å². The maximum Gasteiger partial charge on any atom is 0.313 e. The molecule has 0 aliphatic heterocycles. The Morgan fingerprint density at radius 1 is 1.50 bits per heavy atom. The first kappa shape index (κ1) is 18.1. The van der Waals surface area contributed by atoms with Crippen LogP contribution in [-0.4, -0.2) is 23.1 Å². The van der Waals surface area contributed by atoms with Crippen molar-refractivity contribution in [3.63, 3.8) is 0 Å². The van der Waals surface area contributed by atoms with Gasteiger partial charge in [-0.25, -0.2) is 0 Å². The van der Waals surface area contributed by atoms with Gasteiger partial charge in [0, 0.05) is 6.07 Å². The summed E-state index contributed by atoms with van der Waals surface area (Å²) in [6.45, 7) is 3.05. The second-order valence-electron chi connectivity index (χ2n) is 4.69. The standard InChI is InChI=1S/C12H16N2O5.ClH/c1-12(2,11(16)19-3)10(13)8-6-7(15)4-5-9(8)14(17)18;/h4-6,10,15H,13H2,1-3H3;1H/t10-;/m1./s1. The van der Waals surface area contributed by atoms with Gasteiger partial charge in [0.25, 0.3) is 5.69 Å². The van der Waals surface area contributed by atoms with Crippen molar-refractivity contribution in [2.75, 3.05) is 7.11 Å². The number of phenols is 1. The Bertz CT molecular complexity index is 519. The molecule has 1 aromatic rings. The number of halogens is 1. The van der Waals surface area contributed by atoms with Crippen LogP contribution >= 0.6 is 12.4 Å². The van der Waals surface area contributed by atoms with Crippen LogP contribution in [0.3, 0.4) is 0 Å². The maximum absolute atomic E-state index is 11.7. The molecular formula is C12H17ClN2O5. The van der Waals surface area contributed by atoms with Crippen molar-refractivity contribution in [3.05, 3.63) is 33.9 Å². The Kier molecular flexibility index (Phi) is 5.93. The highest BCUT2D eigenvalue weighted by molar-refractivity contribution is 5.85. The average molecular weight is 305 g/mol. The summed E-state index contributed by atoms with van der Waals surface area (Å²) in [4.78, 5) is 22.0. The number of ether oxygens (including phenoxy) is 1. The average Bonchev–Trinajstić information content (AvgIpc) is 2.36. The minimum Gasteiger partial charge on any atom is -0.508 e. The Hall–Kier alpha value is -1.86. The van der Waals surface area contributed by atoms with Crippen molar-refractivity contribution >= 4 is 24.1 Å². The number of benzene rings is 1. The largest absolute Gasteiger partial charge is 0.508 e. The van der Waals surface area contributed by atoms with E-state index in [0.717, 1.165) is 6.07 Å². The van der Waals surface area contributed by atoms with Crippen LogP contribution in [0.4, 0.5) is 5.69 Å². The zero-order valence-corrected chi connectivity index (χ0v) is 12.1. The van der Waals surface area contributed by atoms with Gasteiger partial charge in [0.05, 0.1) is 29.1 Å². The van der Waals surface area contributed by atoms with Crippen molar-refractivity contribution in [1.29, 1.82) is 0 Å². The Morgan fingerprint density at radius 3 is 2.50 bits per heavy atom. The molecule has 8 heteroatoms. The molecule has 0 aromatic heterocycles. The number of carbonyl (C=O) groups excluding carboxylic acids is 1. The summed E-state index contributed by atoms with van der Waals surface area (Å²) in [5.41, 5.74) is 4.62. The predicted molar refractivity (Wildman–Crippen MR) is 74.7 cm³/mol. The van der Waals surface area contributed by atoms with Gasteiger partial charge in [0.2, 0.25) is 0 Å². The number of aromatic hydroxyl groups is 1. The smallest absolute Gasteiger partial charge is 0.313 e. The van der Waals surface area contributed by atoms with Crippen LogP contribution in [-0.2, 0) is 9.53 Å². The lowest BCUT2D eigenvalue weighted by Gasteiger charge is -2.28. The highest BCUT2D eigenvalue weighted by Gasteiger charge is 2.39. The molecule has 0 saturated heterocycles. The molecule has 0 amide bonds. The molecule has 0 bridgehead atoms. The fraction of sp³-hybridized carbons (Fsp3) is 0.417. The van der Waals surface area contributed by atoms with Gasteiger partial charge in [-0.05, 0) is 26.0 Å². The van der Waals surface area contributed by atoms with Crippen LogP contribution in [0, 0.1) is 15.5 Å². The number of nitro groups is 1. The number of hydrogen-bond donors (Lipinski definition) is 2. The molecule has 0 aliphatic carbocycles. The van der Waals surface area contributed by atoms with Crippen LogP contribution in [0.2, 0.25) is 0 Å². The normalized spacial score (nSPS) is 12.2. The van der Waals surface area contributed by atoms with E-state index in [2.05, 4.69) is 4.74 Å². The van der Waals surface area contributed by atoms with Gasteiger partial charge < -0.3 is 15.6 Å². The van der Waals surface area contributed by atoms with E-state index in [9.17, 15) is 20.0 Å². The first-order valence-corrected chi connectivity index (χ1v) is 5.53. The number of carbonyl (C=O) groups is 1. The van der Waals surface area contributed by atoms with Gasteiger partial charge in [-0.1, -0.05) is 0 Å². The fourth-order valence-electron chi connectivity index (χ4n) is 1.74. The van der Waals surface area contributed by atoms with Crippen LogP contribution in [0.25, 0.3) is 0 Å². The lowest BCUT2D eigenvalue weighted by Crippen LogP contribution is -2.37. The predicted octanol–water partition coefficient (Wildman–Crippen LogP) is 1.92. The number of nitro benzene ring substituents is 1. The quantitative estimate of drug-likeness (QED) is 0.499. The molecule has 112 valence electrons. The topological polar surface area (TPSA) is 116 Å². The van der Waals surface area contributed by atoms with E-state index in [1.807, 2.05) is 0 Å². The molecule has 3 N–H and O–H groups in total. The summed E-state index contributed by atoms with van der Waals surface area (Å²) >= 11 is 0.